The zero-order valence-electron chi connectivity index (χ0n) is 13.8. The third-order valence-corrected chi connectivity index (χ3v) is 5.81. The summed E-state index contributed by atoms with van der Waals surface area (Å²) in [7, 11) is 0. The van der Waals surface area contributed by atoms with Gasteiger partial charge in [0.2, 0.25) is 0 Å². The molecule has 1 aliphatic carbocycles. The number of hydrogen-bond acceptors (Lipinski definition) is 6. The molecule has 0 aromatic heterocycles. The average Bonchev–Trinajstić information content (AvgIpc) is 2.65. The normalized spacial score (nSPS) is 16.3. The van der Waals surface area contributed by atoms with Crippen molar-refractivity contribution in [2.75, 3.05) is 12.0 Å². The molecule has 0 spiro atoms. The van der Waals surface area contributed by atoms with E-state index in [9.17, 15) is 19.8 Å². The summed E-state index contributed by atoms with van der Waals surface area (Å²) in [5, 5.41) is 21.5. The molecule has 0 unspecified atom stereocenters. The second kappa shape index (κ2) is 6.80. The Morgan fingerprint density at radius 2 is 1.96 bits per heavy atom. The van der Waals surface area contributed by atoms with Gasteiger partial charge in [0, 0.05) is 27.5 Å². The van der Waals surface area contributed by atoms with Gasteiger partial charge in [-0.05, 0) is 25.5 Å². The van der Waals surface area contributed by atoms with Crippen molar-refractivity contribution in [1.82, 2.24) is 0 Å². The Morgan fingerprint density at radius 1 is 1.24 bits per heavy atom. The van der Waals surface area contributed by atoms with Gasteiger partial charge in [-0.2, -0.15) is 11.8 Å². The van der Waals surface area contributed by atoms with Gasteiger partial charge in [0.1, 0.15) is 11.5 Å². The number of carbonyl (C=O) groups excluding carboxylic acids is 2. The minimum absolute atomic E-state index is 0.132. The number of rotatable bonds is 4. The highest BCUT2D eigenvalue weighted by Gasteiger charge is 2.31. The van der Waals surface area contributed by atoms with E-state index in [2.05, 4.69) is 0 Å². The van der Waals surface area contributed by atoms with Crippen LogP contribution in [0, 0.1) is 0 Å². The summed E-state index contributed by atoms with van der Waals surface area (Å²) in [6, 6.07) is 6.31. The molecule has 130 valence electrons. The van der Waals surface area contributed by atoms with Crippen LogP contribution in [-0.4, -0.2) is 33.8 Å². The van der Waals surface area contributed by atoms with Crippen LogP contribution in [0.25, 0.3) is 0 Å². The molecule has 5 nitrogen and oxygen atoms in total. The highest BCUT2D eigenvalue weighted by atomic mass is 32.2. The Labute approximate surface area is 149 Å². The number of ketones is 1. The maximum atomic E-state index is 12.9. The first kappa shape index (κ1) is 17.4. The zero-order chi connectivity index (χ0) is 18.1. The number of nitrogens with two attached hydrogens (primary N) is 1. The average molecular weight is 357 g/mol. The molecule has 25 heavy (non-hydrogen) atoms. The summed E-state index contributed by atoms with van der Waals surface area (Å²) < 4.78 is 0. The summed E-state index contributed by atoms with van der Waals surface area (Å²) >= 11 is 1.69. The van der Waals surface area contributed by atoms with Gasteiger partial charge in [0.15, 0.2) is 12.1 Å². The van der Waals surface area contributed by atoms with Crippen LogP contribution in [0.1, 0.15) is 43.8 Å². The minimum atomic E-state index is -0.568. The minimum Gasteiger partial charge on any atom is -0.507 e. The third-order valence-electron chi connectivity index (χ3n) is 4.74. The molecule has 0 saturated heterocycles. The fraction of sp³-hybridized carbons (Fsp3) is 0.263. The van der Waals surface area contributed by atoms with E-state index in [4.69, 9.17) is 5.73 Å². The number of phenols is 2. The molecule has 0 fully saturated rings. The molecule has 1 aliphatic rings. The van der Waals surface area contributed by atoms with Crippen molar-refractivity contribution in [1.29, 1.82) is 0 Å². The predicted octanol–water partition coefficient (Wildman–Crippen LogP) is 2.94. The molecule has 2 aromatic rings. The number of carbonyl (C=O) groups is 2. The summed E-state index contributed by atoms with van der Waals surface area (Å²) in [5.41, 5.74) is 7.26. The van der Waals surface area contributed by atoms with Gasteiger partial charge in [0.05, 0.1) is 11.3 Å². The number of phenolic OH excluding ortho intramolecular Hbond substituents is 2. The number of aldehydes is 1. The lowest BCUT2D eigenvalue weighted by Crippen LogP contribution is -2.19. The first-order valence-electron chi connectivity index (χ1n) is 7.96. The molecule has 4 N–H and O–H groups in total. The maximum absolute atomic E-state index is 12.9. The van der Waals surface area contributed by atoms with Crippen LogP contribution in [0.2, 0.25) is 0 Å². The predicted molar refractivity (Wildman–Crippen MR) is 98.8 cm³/mol. The number of nitrogen functional groups attached to an aromatic ring is 1. The molecule has 2 aromatic carbocycles. The molecule has 0 radical (unpaired) electrons. The van der Waals surface area contributed by atoms with Gasteiger partial charge in [0.25, 0.3) is 0 Å². The molecular formula is C19H19NO4S. The van der Waals surface area contributed by atoms with Gasteiger partial charge >= 0.3 is 0 Å². The van der Waals surface area contributed by atoms with E-state index >= 15 is 0 Å². The Hall–Kier alpha value is -2.47. The number of benzene rings is 2. The number of aromatic hydroxyl groups is 2. The van der Waals surface area contributed by atoms with Crippen LogP contribution in [0.15, 0.2) is 24.3 Å². The van der Waals surface area contributed by atoms with Crippen molar-refractivity contribution in [3.05, 3.63) is 52.1 Å². The van der Waals surface area contributed by atoms with E-state index in [0.29, 0.717) is 35.5 Å². The first-order valence-corrected chi connectivity index (χ1v) is 9.25. The summed E-state index contributed by atoms with van der Waals surface area (Å²) in [6.07, 6.45) is 4.62. The van der Waals surface area contributed by atoms with Crippen molar-refractivity contribution in [3.8, 4) is 11.5 Å². The molecule has 6 heteroatoms. The lowest BCUT2D eigenvalue weighted by Gasteiger charge is -2.26. The molecule has 0 amide bonds. The van der Waals surface area contributed by atoms with Crippen LogP contribution in [0.5, 0.6) is 11.5 Å². The fourth-order valence-corrected chi connectivity index (χ4v) is 4.03. The second-order valence-corrected chi connectivity index (χ2v) is 7.22. The van der Waals surface area contributed by atoms with E-state index in [0.717, 1.165) is 6.42 Å². The highest BCUT2D eigenvalue weighted by Crippen LogP contribution is 2.45. The highest BCUT2D eigenvalue weighted by molar-refractivity contribution is 7.99. The van der Waals surface area contributed by atoms with E-state index in [1.165, 1.54) is 12.1 Å². The maximum Gasteiger partial charge on any atom is 0.199 e. The largest absolute Gasteiger partial charge is 0.507 e. The van der Waals surface area contributed by atoms with Crippen molar-refractivity contribution in [3.63, 3.8) is 0 Å². The van der Waals surface area contributed by atoms with Crippen molar-refractivity contribution >= 4 is 29.5 Å². The number of thioether (sulfide) groups is 1. The van der Waals surface area contributed by atoms with Crippen molar-refractivity contribution < 1.29 is 19.8 Å². The Morgan fingerprint density at radius 3 is 2.64 bits per heavy atom. The van der Waals surface area contributed by atoms with E-state index < -0.39 is 5.78 Å². The van der Waals surface area contributed by atoms with E-state index in [1.807, 2.05) is 6.26 Å². The summed E-state index contributed by atoms with van der Waals surface area (Å²) in [5.74, 6) is -0.892. The lowest BCUT2D eigenvalue weighted by atomic mass is 9.85. The van der Waals surface area contributed by atoms with Crippen LogP contribution in [-0.2, 0) is 12.8 Å². The molecule has 0 heterocycles. The molecule has 1 atom stereocenters. The summed E-state index contributed by atoms with van der Waals surface area (Å²) in [4.78, 5) is 24.2. The Bertz CT molecular complexity index is 863. The third kappa shape index (κ3) is 2.87. The first-order chi connectivity index (χ1) is 12.0. The van der Waals surface area contributed by atoms with Gasteiger partial charge in [-0.15, -0.1) is 0 Å². The van der Waals surface area contributed by atoms with Gasteiger partial charge in [-0.1, -0.05) is 24.3 Å². The molecule has 0 bridgehead atoms. The second-order valence-electron chi connectivity index (χ2n) is 6.08. The lowest BCUT2D eigenvalue weighted by molar-refractivity contribution is 0.102. The van der Waals surface area contributed by atoms with Crippen LogP contribution < -0.4 is 5.73 Å². The van der Waals surface area contributed by atoms with Crippen LogP contribution in [0.3, 0.4) is 0 Å². The Balaban J connectivity index is 2.19. The van der Waals surface area contributed by atoms with Crippen LogP contribution >= 0.6 is 11.8 Å². The SMILES string of the molecule is CS[C@H]1CCc2c(O)c(N)c(C(=O)c3ccccc3C=O)c(O)c2C1. The van der Waals surface area contributed by atoms with Gasteiger partial charge in [-0.3, -0.25) is 9.59 Å². The van der Waals surface area contributed by atoms with Crippen molar-refractivity contribution in [2.24, 2.45) is 0 Å². The monoisotopic (exact) mass is 357 g/mol. The zero-order valence-corrected chi connectivity index (χ0v) is 14.6. The van der Waals surface area contributed by atoms with Gasteiger partial charge < -0.3 is 15.9 Å². The molecule has 3 rings (SSSR count). The number of hydrogen-bond donors (Lipinski definition) is 3. The fourth-order valence-electron chi connectivity index (χ4n) is 3.34. The quantitative estimate of drug-likeness (QED) is 0.256. The topological polar surface area (TPSA) is 101 Å². The smallest absolute Gasteiger partial charge is 0.199 e. The standard InChI is InChI=1S/C19H19NO4S/c1-25-11-6-7-13-14(8-11)18(23)15(16(20)19(13)24)17(22)12-5-3-2-4-10(12)9-21/h2-5,9,11,23-24H,6-8,20H2,1H3/t11-/m0/s1. The molecular weight excluding hydrogens is 338 g/mol. The number of fused-ring (bicyclic) bond motifs is 1. The number of anilines is 1. The van der Waals surface area contributed by atoms with E-state index in [1.54, 1.807) is 23.9 Å². The molecule has 0 aliphatic heterocycles. The van der Waals surface area contributed by atoms with Crippen LogP contribution in [0.4, 0.5) is 5.69 Å². The molecule has 0 saturated carbocycles. The van der Waals surface area contributed by atoms with E-state index in [-0.39, 0.29) is 33.9 Å². The Kier molecular flexibility index (Phi) is 4.72. The summed E-state index contributed by atoms with van der Waals surface area (Å²) in [6.45, 7) is 0. The van der Waals surface area contributed by atoms with Gasteiger partial charge in [-0.25, -0.2) is 0 Å². The van der Waals surface area contributed by atoms with Crippen molar-refractivity contribution in [2.45, 2.75) is 24.5 Å².